The van der Waals surface area contributed by atoms with Crippen LogP contribution in [0, 0.1) is 20.2 Å². The Morgan fingerprint density at radius 3 is 2.30 bits per heavy atom. The van der Waals surface area contributed by atoms with Crippen LogP contribution < -0.4 is 10.1 Å². The van der Waals surface area contributed by atoms with Crippen LogP contribution in [0.25, 0.3) is 0 Å². The molecule has 0 aliphatic rings. The van der Waals surface area contributed by atoms with Gasteiger partial charge in [-0.3, -0.25) is 30.4 Å². The summed E-state index contributed by atoms with van der Waals surface area (Å²) in [7, 11) is -4.11. The van der Waals surface area contributed by atoms with E-state index >= 15 is 0 Å². The molecule has 0 heterocycles. The normalized spacial score (nSPS) is 11.6. The van der Waals surface area contributed by atoms with Gasteiger partial charge in [0.05, 0.1) is 20.5 Å². The highest BCUT2D eigenvalue weighted by Crippen LogP contribution is 2.29. The van der Waals surface area contributed by atoms with Gasteiger partial charge in [0.2, 0.25) is 0 Å². The number of nitrogens with one attached hydrogen (secondary N) is 2. The summed E-state index contributed by atoms with van der Waals surface area (Å²) in [5, 5.41) is 26.9. The second-order valence-corrected chi connectivity index (χ2v) is 8.78. The van der Waals surface area contributed by atoms with Gasteiger partial charge >= 0.3 is 0 Å². The first kappa shape index (κ1) is 23.6. The van der Waals surface area contributed by atoms with Crippen molar-refractivity contribution >= 4 is 50.1 Å². The van der Waals surface area contributed by atoms with Crippen LogP contribution in [0.15, 0.2) is 76.7 Å². The third kappa shape index (κ3) is 5.81. The fourth-order valence-electron chi connectivity index (χ4n) is 2.71. The molecule has 0 unspecified atom stereocenters. The Morgan fingerprint density at radius 1 is 0.970 bits per heavy atom. The quantitative estimate of drug-likeness (QED) is 0.261. The Kier molecular flexibility index (Phi) is 6.89. The summed E-state index contributed by atoms with van der Waals surface area (Å²) in [5.41, 5.74) is 2.81. The lowest BCUT2D eigenvalue weighted by atomic mass is 10.1. The SMILES string of the molecule is CC(=NNc1ccc(S(=O)(=O)Nc2ccc(Cl)cc2)cc1[N+](=O)[O-])c1cccc([N+](=O)[O-])c1. The average molecular weight is 490 g/mol. The van der Waals surface area contributed by atoms with Crippen LogP contribution in [0.2, 0.25) is 5.02 Å². The van der Waals surface area contributed by atoms with Crippen molar-refractivity contribution in [2.75, 3.05) is 10.1 Å². The standard InChI is InChI=1S/C20H16ClN5O6S/c1-13(14-3-2-4-17(11-14)25(27)28)22-23-19-10-9-18(12-20(19)26(29)30)33(31,32)24-16-7-5-15(21)6-8-16/h2-12,23-24H,1H3. The zero-order valence-electron chi connectivity index (χ0n) is 16.9. The number of benzene rings is 3. The number of nitrogens with zero attached hydrogens (tertiary/aromatic N) is 3. The summed E-state index contributed by atoms with van der Waals surface area (Å²) in [6.45, 7) is 1.56. The number of hydrazone groups is 1. The van der Waals surface area contributed by atoms with Gasteiger partial charge in [-0.2, -0.15) is 5.10 Å². The molecule has 170 valence electrons. The maximum atomic E-state index is 12.6. The fourth-order valence-corrected chi connectivity index (χ4v) is 3.91. The summed E-state index contributed by atoms with van der Waals surface area (Å²) in [5.74, 6) is 0. The minimum absolute atomic E-state index is 0.0600. The molecule has 11 nitrogen and oxygen atoms in total. The number of sulfonamides is 1. The molecule has 3 aromatic rings. The predicted molar refractivity (Wildman–Crippen MR) is 124 cm³/mol. The zero-order chi connectivity index (χ0) is 24.2. The number of hydrogen-bond acceptors (Lipinski definition) is 8. The van der Waals surface area contributed by atoms with E-state index in [1.54, 1.807) is 13.0 Å². The van der Waals surface area contributed by atoms with Crippen LogP contribution in [-0.2, 0) is 10.0 Å². The lowest BCUT2D eigenvalue weighted by Gasteiger charge is -2.10. The number of nitro groups is 2. The Morgan fingerprint density at radius 2 is 1.67 bits per heavy atom. The van der Waals surface area contributed by atoms with Gasteiger partial charge in [-0.05, 0) is 43.3 Å². The minimum atomic E-state index is -4.11. The molecule has 0 spiro atoms. The molecule has 3 rings (SSSR count). The molecule has 13 heteroatoms. The molecule has 33 heavy (non-hydrogen) atoms. The first-order valence-corrected chi connectivity index (χ1v) is 11.0. The first-order valence-electron chi connectivity index (χ1n) is 9.19. The van der Waals surface area contributed by atoms with Crippen molar-refractivity contribution in [2.45, 2.75) is 11.8 Å². The van der Waals surface area contributed by atoms with E-state index in [1.165, 1.54) is 54.6 Å². The van der Waals surface area contributed by atoms with Gasteiger partial charge in [0.15, 0.2) is 0 Å². The van der Waals surface area contributed by atoms with Crippen LogP contribution in [0.3, 0.4) is 0 Å². The highest BCUT2D eigenvalue weighted by atomic mass is 35.5. The van der Waals surface area contributed by atoms with Crippen LogP contribution in [0.5, 0.6) is 0 Å². The molecular weight excluding hydrogens is 474 g/mol. The molecule has 2 N–H and O–H groups in total. The Hall–Kier alpha value is -4.03. The van der Waals surface area contributed by atoms with Crippen LogP contribution in [0.1, 0.15) is 12.5 Å². The van der Waals surface area contributed by atoms with Crippen molar-refractivity contribution in [1.29, 1.82) is 0 Å². The smallest absolute Gasteiger partial charge is 0.280 e. The molecule has 0 fully saturated rings. The van der Waals surface area contributed by atoms with Crippen molar-refractivity contribution in [3.05, 3.63) is 97.5 Å². The van der Waals surface area contributed by atoms with E-state index in [1.807, 2.05) is 0 Å². The molecule has 0 radical (unpaired) electrons. The van der Waals surface area contributed by atoms with E-state index in [4.69, 9.17) is 11.6 Å². The van der Waals surface area contributed by atoms with Gasteiger partial charge in [0, 0.05) is 34.5 Å². The number of anilines is 2. The zero-order valence-corrected chi connectivity index (χ0v) is 18.5. The van der Waals surface area contributed by atoms with Crippen molar-refractivity contribution in [3.63, 3.8) is 0 Å². The lowest BCUT2D eigenvalue weighted by Crippen LogP contribution is -2.13. The van der Waals surface area contributed by atoms with Crippen molar-refractivity contribution in [2.24, 2.45) is 5.10 Å². The van der Waals surface area contributed by atoms with Gasteiger partial charge in [-0.25, -0.2) is 8.42 Å². The summed E-state index contributed by atoms with van der Waals surface area (Å²) < 4.78 is 27.6. The van der Waals surface area contributed by atoms with Crippen molar-refractivity contribution in [3.8, 4) is 0 Å². The minimum Gasteiger partial charge on any atom is -0.280 e. The molecule has 0 aromatic heterocycles. The van der Waals surface area contributed by atoms with Crippen molar-refractivity contribution in [1.82, 2.24) is 0 Å². The second kappa shape index (κ2) is 9.63. The lowest BCUT2D eigenvalue weighted by molar-refractivity contribution is -0.384. The molecular formula is C20H16ClN5O6S. The first-order chi connectivity index (χ1) is 15.6. The van der Waals surface area contributed by atoms with E-state index in [0.717, 1.165) is 6.07 Å². The fraction of sp³-hybridized carbons (Fsp3) is 0.0500. The number of halogens is 1. The van der Waals surface area contributed by atoms with Gasteiger partial charge in [-0.1, -0.05) is 23.7 Å². The number of non-ortho nitro benzene ring substituents is 1. The topological polar surface area (TPSA) is 157 Å². The third-order valence-corrected chi connectivity index (χ3v) is 6.02. The van der Waals surface area contributed by atoms with Crippen LogP contribution in [-0.4, -0.2) is 24.0 Å². The molecule has 0 amide bonds. The molecule has 0 saturated carbocycles. The maximum absolute atomic E-state index is 12.6. The van der Waals surface area contributed by atoms with E-state index in [0.29, 0.717) is 16.3 Å². The Balaban J connectivity index is 1.87. The van der Waals surface area contributed by atoms with Crippen molar-refractivity contribution < 1.29 is 18.3 Å². The Bertz CT molecular complexity index is 1360. The van der Waals surface area contributed by atoms with Gasteiger partial charge in [-0.15, -0.1) is 0 Å². The molecule has 0 aliphatic carbocycles. The number of hydrogen-bond donors (Lipinski definition) is 2. The summed E-state index contributed by atoms with van der Waals surface area (Å²) >= 11 is 5.79. The molecule has 3 aromatic carbocycles. The number of nitro benzene ring substituents is 2. The van der Waals surface area contributed by atoms with Gasteiger partial charge in [0.25, 0.3) is 21.4 Å². The summed E-state index contributed by atoms with van der Waals surface area (Å²) in [6, 6.07) is 14.9. The highest BCUT2D eigenvalue weighted by molar-refractivity contribution is 7.92. The van der Waals surface area contributed by atoms with Crippen LogP contribution >= 0.6 is 11.6 Å². The highest BCUT2D eigenvalue weighted by Gasteiger charge is 2.22. The van der Waals surface area contributed by atoms with E-state index in [9.17, 15) is 28.6 Å². The number of rotatable bonds is 8. The summed E-state index contributed by atoms with van der Waals surface area (Å²) in [6.07, 6.45) is 0. The largest absolute Gasteiger partial charge is 0.295 e. The summed E-state index contributed by atoms with van der Waals surface area (Å²) in [4.78, 5) is 20.9. The van der Waals surface area contributed by atoms with Crippen LogP contribution in [0.4, 0.5) is 22.7 Å². The predicted octanol–water partition coefficient (Wildman–Crippen LogP) is 4.79. The third-order valence-electron chi connectivity index (χ3n) is 4.39. The molecule has 0 aliphatic heterocycles. The van der Waals surface area contributed by atoms with E-state index < -0.39 is 25.6 Å². The van der Waals surface area contributed by atoms with E-state index in [-0.39, 0.29) is 22.0 Å². The molecule has 0 bridgehead atoms. The maximum Gasteiger partial charge on any atom is 0.295 e. The second-order valence-electron chi connectivity index (χ2n) is 6.66. The van der Waals surface area contributed by atoms with Gasteiger partial charge in [0.1, 0.15) is 5.69 Å². The molecule has 0 atom stereocenters. The monoisotopic (exact) mass is 489 g/mol. The average Bonchev–Trinajstić information content (AvgIpc) is 2.78. The molecule has 0 saturated heterocycles. The van der Waals surface area contributed by atoms with E-state index in [2.05, 4.69) is 15.2 Å². The van der Waals surface area contributed by atoms with Gasteiger partial charge < -0.3 is 0 Å². The Labute approximate surface area is 193 Å².